The van der Waals surface area contributed by atoms with Gasteiger partial charge in [-0.2, -0.15) is 0 Å². The fourth-order valence-corrected chi connectivity index (χ4v) is 3.63. The van der Waals surface area contributed by atoms with Crippen molar-refractivity contribution in [1.82, 2.24) is 0 Å². The van der Waals surface area contributed by atoms with Gasteiger partial charge in [0.15, 0.2) is 18.2 Å². The highest BCUT2D eigenvalue weighted by atomic mass is 16.7. The zero-order valence-corrected chi connectivity index (χ0v) is 20.5. The van der Waals surface area contributed by atoms with E-state index in [-0.39, 0.29) is 19.0 Å². The third-order valence-corrected chi connectivity index (χ3v) is 5.50. The Morgan fingerprint density at radius 3 is 2.08 bits per heavy atom. The predicted octanol–water partition coefficient (Wildman–Crippen LogP) is 2.78. The number of benzene rings is 2. The fraction of sp³-hybridized carbons (Fsp3) is 0.286. The molecule has 2 aliphatic heterocycles. The quantitative estimate of drug-likeness (QED) is 0.276. The third kappa shape index (κ3) is 7.45. The molecule has 2 aliphatic rings. The summed E-state index contributed by atoms with van der Waals surface area (Å²) in [6, 6.07) is 16.8. The number of carbonyl (C=O) groups excluding carboxylic acids is 4. The number of ether oxygens (including phenoxy) is 6. The largest absolute Gasteiger partial charge is 0.459 e. The van der Waals surface area contributed by atoms with Crippen LogP contribution >= 0.6 is 0 Å². The molecule has 2 heterocycles. The topological polar surface area (TPSA) is 124 Å². The number of rotatable bonds is 9. The first-order chi connectivity index (χ1) is 18.4. The van der Waals surface area contributed by atoms with Gasteiger partial charge in [0.25, 0.3) is 0 Å². The van der Waals surface area contributed by atoms with Crippen LogP contribution in [0.25, 0.3) is 0 Å². The molecule has 2 aromatic rings. The van der Waals surface area contributed by atoms with Crippen molar-refractivity contribution in [2.75, 3.05) is 13.2 Å². The first-order valence-electron chi connectivity index (χ1n) is 11.9. The fourth-order valence-electron chi connectivity index (χ4n) is 3.63. The number of hydrogen-bond donors (Lipinski definition) is 0. The van der Waals surface area contributed by atoms with Gasteiger partial charge in [-0.1, -0.05) is 36.4 Å². The first kappa shape index (κ1) is 26.9. The summed E-state index contributed by atoms with van der Waals surface area (Å²) in [6.07, 6.45) is 0.909. The molecule has 0 amide bonds. The van der Waals surface area contributed by atoms with Crippen LogP contribution < -0.4 is 0 Å². The van der Waals surface area contributed by atoms with Gasteiger partial charge in [-0.25, -0.2) is 9.59 Å². The average molecular weight is 523 g/mol. The van der Waals surface area contributed by atoms with E-state index in [2.05, 4.69) is 0 Å². The summed E-state index contributed by atoms with van der Waals surface area (Å²) in [5.74, 6) is -2.07. The maximum atomic E-state index is 12.6. The zero-order valence-electron chi connectivity index (χ0n) is 20.5. The SMILES string of the molecule is CC(=O)O[C@@H]1C=CC(=O)[C@@H](COC2C=C[C@H](OC(=O)c3ccccc3)[C@@H](COC(=O)c3ccccc3)O2)O1. The van der Waals surface area contributed by atoms with E-state index in [0.29, 0.717) is 11.1 Å². The lowest BCUT2D eigenvalue weighted by molar-refractivity contribution is -0.210. The van der Waals surface area contributed by atoms with Crippen LogP contribution in [0.15, 0.2) is 85.0 Å². The molecule has 5 atom stereocenters. The summed E-state index contributed by atoms with van der Waals surface area (Å²) in [4.78, 5) is 48.5. The molecule has 0 saturated heterocycles. The van der Waals surface area contributed by atoms with Crippen molar-refractivity contribution in [3.05, 3.63) is 96.1 Å². The minimum Gasteiger partial charge on any atom is -0.459 e. The standard InChI is InChI=1S/C28H26O10/c1-18(29)35-26-14-12-21(30)23(36-26)16-33-25-15-13-22(38-28(32)20-10-6-3-7-11-20)24(37-25)17-34-27(31)19-8-4-2-5-9-19/h2-15,22-26H,16-17H2,1H3/t22-,23+,24+,25?,26-/m0/s1. The maximum Gasteiger partial charge on any atom is 0.338 e. The molecule has 4 rings (SSSR count). The number of hydrogen-bond acceptors (Lipinski definition) is 10. The first-order valence-corrected chi connectivity index (χ1v) is 11.9. The molecule has 2 aromatic carbocycles. The van der Waals surface area contributed by atoms with Crippen molar-refractivity contribution in [1.29, 1.82) is 0 Å². The summed E-state index contributed by atoms with van der Waals surface area (Å²) < 4.78 is 33.0. The average Bonchev–Trinajstić information content (AvgIpc) is 2.93. The molecule has 198 valence electrons. The molecule has 0 aliphatic carbocycles. The van der Waals surface area contributed by atoms with Gasteiger partial charge < -0.3 is 28.4 Å². The molecule has 10 heteroatoms. The Morgan fingerprint density at radius 1 is 0.763 bits per heavy atom. The van der Waals surface area contributed by atoms with E-state index in [1.165, 1.54) is 25.2 Å². The van der Waals surface area contributed by atoms with Crippen LogP contribution in [0, 0.1) is 0 Å². The van der Waals surface area contributed by atoms with Crippen molar-refractivity contribution >= 4 is 23.7 Å². The van der Waals surface area contributed by atoms with Crippen LogP contribution in [0.4, 0.5) is 0 Å². The van der Waals surface area contributed by atoms with Gasteiger partial charge >= 0.3 is 17.9 Å². The lowest BCUT2D eigenvalue weighted by Gasteiger charge is -2.32. The van der Waals surface area contributed by atoms with Gasteiger partial charge in [0.05, 0.1) is 17.7 Å². The lowest BCUT2D eigenvalue weighted by Crippen LogP contribution is -2.44. The molecule has 0 aromatic heterocycles. The normalized spacial score (nSPS) is 24.4. The molecule has 0 radical (unpaired) electrons. The molecule has 0 fully saturated rings. The van der Waals surface area contributed by atoms with Crippen LogP contribution in [0.2, 0.25) is 0 Å². The Labute approximate surface area is 218 Å². The molecule has 1 unspecified atom stereocenters. The minimum atomic E-state index is -1.02. The minimum absolute atomic E-state index is 0.207. The van der Waals surface area contributed by atoms with Crippen molar-refractivity contribution in [2.24, 2.45) is 0 Å². The second kappa shape index (κ2) is 12.9. The molecule has 10 nitrogen and oxygen atoms in total. The van der Waals surface area contributed by atoms with E-state index in [9.17, 15) is 19.2 Å². The van der Waals surface area contributed by atoms with Crippen molar-refractivity contribution in [3.63, 3.8) is 0 Å². The molecular formula is C28H26O10. The zero-order chi connectivity index (χ0) is 26.9. The van der Waals surface area contributed by atoms with Gasteiger partial charge in [0.2, 0.25) is 6.29 Å². The van der Waals surface area contributed by atoms with E-state index in [1.54, 1.807) is 66.7 Å². The molecule has 0 bridgehead atoms. The summed E-state index contributed by atoms with van der Waals surface area (Å²) in [5, 5.41) is 0. The summed E-state index contributed by atoms with van der Waals surface area (Å²) in [7, 11) is 0. The highest BCUT2D eigenvalue weighted by molar-refractivity contribution is 5.94. The van der Waals surface area contributed by atoms with E-state index < -0.39 is 48.8 Å². The molecule has 38 heavy (non-hydrogen) atoms. The van der Waals surface area contributed by atoms with Crippen molar-refractivity contribution in [3.8, 4) is 0 Å². The van der Waals surface area contributed by atoms with Crippen LogP contribution in [0.5, 0.6) is 0 Å². The van der Waals surface area contributed by atoms with Gasteiger partial charge in [-0.3, -0.25) is 9.59 Å². The van der Waals surface area contributed by atoms with E-state index >= 15 is 0 Å². The Bertz CT molecular complexity index is 1190. The Morgan fingerprint density at radius 2 is 1.42 bits per heavy atom. The summed E-state index contributed by atoms with van der Waals surface area (Å²) in [6.45, 7) is 0.785. The monoisotopic (exact) mass is 522 g/mol. The van der Waals surface area contributed by atoms with Gasteiger partial charge in [-0.15, -0.1) is 0 Å². The number of esters is 3. The van der Waals surface area contributed by atoms with Crippen LogP contribution in [0.3, 0.4) is 0 Å². The Hall–Kier alpha value is -4.12. The maximum absolute atomic E-state index is 12.6. The summed E-state index contributed by atoms with van der Waals surface area (Å²) in [5.41, 5.74) is 0.704. The predicted molar refractivity (Wildman–Crippen MR) is 131 cm³/mol. The van der Waals surface area contributed by atoms with Crippen molar-refractivity contribution < 1.29 is 47.6 Å². The number of carbonyl (C=O) groups is 4. The van der Waals surface area contributed by atoms with Crippen LogP contribution in [-0.4, -0.2) is 67.8 Å². The van der Waals surface area contributed by atoms with E-state index in [0.717, 1.165) is 0 Å². The van der Waals surface area contributed by atoms with Crippen LogP contribution in [0.1, 0.15) is 27.6 Å². The Kier molecular flexibility index (Phi) is 9.15. The van der Waals surface area contributed by atoms with Crippen LogP contribution in [-0.2, 0) is 38.0 Å². The van der Waals surface area contributed by atoms with Gasteiger partial charge in [-0.05, 0) is 48.6 Å². The second-order valence-electron chi connectivity index (χ2n) is 8.33. The lowest BCUT2D eigenvalue weighted by atomic mass is 10.1. The molecule has 0 spiro atoms. The summed E-state index contributed by atoms with van der Waals surface area (Å²) >= 11 is 0. The highest BCUT2D eigenvalue weighted by Gasteiger charge is 2.34. The van der Waals surface area contributed by atoms with E-state index in [4.69, 9.17) is 28.4 Å². The van der Waals surface area contributed by atoms with Crippen molar-refractivity contribution in [2.45, 2.75) is 37.8 Å². The number of ketones is 1. The Balaban J connectivity index is 1.40. The molecule has 0 N–H and O–H groups in total. The van der Waals surface area contributed by atoms with Gasteiger partial charge in [0, 0.05) is 6.92 Å². The second-order valence-corrected chi connectivity index (χ2v) is 8.33. The van der Waals surface area contributed by atoms with E-state index in [1.807, 2.05) is 0 Å². The molecular weight excluding hydrogens is 496 g/mol. The van der Waals surface area contributed by atoms with Gasteiger partial charge in [0.1, 0.15) is 18.8 Å². The molecule has 0 saturated carbocycles. The smallest absolute Gasteiger partial charge is 0.338 e. The highest BCUT2D eigenvalue weighted by Crippen LogP contribution is 2.21. The third-order valence-electron chi connectivity index (χ3n) is 5.50.